The van der Waals surface area contributed by atoms with Crippen molar-refractivity contribution in [1.29, 1.82) is 0 Å². The van der Waals surface area contributed by atoms with Crippen LogP contribution in [0.3, 0.4) is 0 Å². The molecule has 0 saturated heterocycles. The number of anilines is 1. The predicted octanol–water partition coefficient (Wildman–Crippen LogP) is 2.25. The zero-order valence-electron chi connectivity index (χ0n) is 12.3. The van der Waals surface area contributed by atoms with Crippen molar-refractivity contribution < 1.29 is 9.53 Å². The lowest BCUT2D eigenvalue weighted by molar-refractivity contribution is 0.0677. The summed E-state index contributed by atoms with van der Waals surface area (Å²) in [5.41, 5.74) is 7.94. The van der Waals surface area contributed by atoms with Crippen LogP contribution in [0.25, 0.3) is 10.9 Å². The Morgan fingerprint density at radius 2 is 2.29 bits per heavy atom. The van der Waals surface area contributed by atoms with Crippen LogP contribution in [-0.2, 0) is 4.74 Å². The quantitative estimate of drug-likeness (QED) is 0.632. The van der Waals surface area contributed by atoms with Gasteiger partial charge < -0.3 is 20.4 Å². The van der Waals surface area contributed by atoms with E-state index in [1.807, 2.05) is 24.3 Å². The number of carbonyl (C=O) groups is 1. The molecule has 5 nitrogen and oxygen atoms in total. The van der Waals surface area contributed by atoms with E-state index in [-0.39, 0.29) is 5.91 Å². The molecule has 1 aliphatic carbocycles. The van der Waals surface area contributed by atoms with E-state index < -0.39 is 0 Å². The van der Waals surface area contributed by atoms with E-state index in [0.717, 1.165) is 23.4 Å². The summed E-state index contributed by atoms with van der Waals surface area (Å²) in [4.78, 5) is 17.1. The molecule has 1 heterocycles. The van der Waals surface area contributed by atoms with E-state index in [0.29, 0.717) is 24.5 Å². The summed E-state index contributed by atoms with van der Waals surface area (Å²) >= 11 is 0. The second kappa shape index (κ2) is 5.77. The molecule has 0 aliphatic heterocycles. The van der Waals surface area contributed by atoms with Crippen molar-refractivity contribution in [2.75, 3.05) is 32.5 Å². The number of rotatable bonds is 6. The normalized spacial score (nSPS) is 14.5. The highest BCUT2D eigenvalue weighted by molar-refractivity contribution is 6.00. The Kier molecular flexibility index (Phi) is 3.84. The largest absolute Gasteiger partial charge is 0.397 e. The van der Waals surface area contributed by atoms with Crippen LogP contribution in [0.4, 0.5) is 5.69 Å². The summed E-state index contributed by atoms with van der Waals surface area (Å²) in [5, 5.41) is 0.955. The lowest BCUT2D eigenvalue weighted by Crippen LogP contribution is -2.30. The Morgan fingerprint density at radius 1 is 1.48 bits per heavy atom. The van der Waals surface area contributed by atoms with E-state index >= 15 is 0 Å². The molecule has 1 fully saturated rings. The van der Waals surface area contributed by atoms with Crippen LogP contribution < -0.4 is 5.73 Å². The van der Waals surface area contributed by atoms with Crippen LogP contribution >= 0.6 is 0 Å². The number of hydrogen-bond donors (Lipinski definition) is 2. The smallest absolute Gasteiger partial charge is 0.270 e. The van der Waals surface area contributed by atoms with Crippen molar-refractivity contribution in [2.24, 2.45) is 5.92 Å². The molecule has 0 unspecified atom stereocenters. The van der Waals surface area contributed by atoms with Crippen LogP contribution in [0.5, 0.6) is 0 Å². The van der Waals surface area contributed by atoms with Crippen LogP contribution in [0.1, 0.15) is 23.3 Å². The fourth-order valence-electron chi connectivity index (χ4n) is 2.34. The van der Waals surface area contributed by atoms with E-state index in [9.17, 15) is 4.79 Å². The highest BCUT2D eigenvalue weighted by atomic mass is 16.5. The summed E-state index contributed by atoms with van der Waals surface area (Å²) < 4.78 is 5.57. The van der Waals surface area contributed by atoms with Gasteiger partial charge in [-0.05, 0) is 30.9 Å². The minimum Gasteiger partial charge on any atom is -0.397 e. The first kappa shape index (κ1) is 13.9. The summed E-state index contributed by atoms with van der Waals surface area (Å²) in [7, 11) is 1.79. The number of ether oxygens (including phenoxy) is 1. The summed E-state index contributed by atoms with van der Waals surface area (Å²) in [5.74, 6) is 0.711. The molecule has 1 saturated carbocycles. The molecule has 1 aromatic heterocycles. The van der Waals surface area contributed by atoms with Gasteiger partial charge in [0.25, 0.3) is 5.91 Å². The fourth-order valence-corrected chi connectivity index (χ4v) is 2.34. The molecule has 0 atom stereocenters. The van der Waals surface area contributed by atoms with Gasteiger partial charge in [-0.25, -0.2) is 0 Å². The van der Waals surface area contributed by atoms with Crippen molar-refractivity contribution in [3.63, 3.8) is 0 Å². The number of aromatic nitrogens is 1. The van der Waals surface area contributed by atoms with Gasteiger partial charge in [-0.2, -0.15) is 0 Å². The van der Waals surface area contributed by atoms with Crippen LogP contribution in [0, 0.1) is 5.92 Å². The van der Waals surface area contributed by atoms with Gasteiger partial charge in [0.1, 0.15) is 5.69 Å². The molecule has 3 N–H and O–H groups in total. The zero-order chi connectivity index (χ0) is 14.8. The minimum atomic E-state index is -0.0411. The molecule has 21 heavy (non-hydrogen) atoms. The Hall–Kier alpha value is -2.01. The van der Waals surface area contributed by atoms with Gasteiger partial charge in [-0.3, -0.25) is 4.79 Å². The van der Waals surface area contributed by atoms with Crippen LogP contribution in [-0.4, -0.2) is 42.6 Å². The van der Waals surface area contributed by atoms with Crippen molar-refractivity contribution in [1.82, 2.24) is 9.88 Å². The number of nitrogens with one attached hydrogen (secondary N) is 1. The van der Waals surface area contributed by atoms with E-state index in [1.54, 1.807) is 11.9 Å². The summed E-state index contributed by atoms with van der Waals surface area (Å²) in [6.45, 7) is 2.00. The topological polar surface area (TPSA) is 71.3 Å². The monoisotopic (exact) mass is 287 g/mol. The van der Waals surface area contributed by atoms with Gasteiger partial charge >= 0.3 is 0 Å². The Bertz CT molecular complexity index is 646. The number of carbonyl (C=O) groups excluding carboxylic acids is 1. The van der Waals surface area contributed by atoms with Gasteiger partial charge in [0.15, 0.2) is 0 Å². The number of fused-ring (bicyclic) bond motifs is 1. The first-order valence-corrected chi connectivity index (χ1v) is 7.35. The number of nitrogens with zero attached hydrogens (tertiary/aromatic N) is 1. The molecule has 3 rings (SSSR count). The molecule has 1 aliphatic rings. The van der Waals surface area contributed by atoms with Gasteiger partial charge in [-0.15, -0.1) is 0 Å². The highest BCUT2D eigenvalue weighted by Gasteiger charge is 2.21. The van der Waals surface area contributed by atoms with Crippen LogP contribution in [0.15, 0.2) is 24.3 Å². The number of nitrogen functional groups attached to an aromatic ring is 1. The second-order valence-corrected chi connectivity index (χ2v) is 5.74. The average molecular weight is 287 g/mol. The molecule has 112 valence electrons. The van der Waals surface area contributed by atoms with Crippen LogP contribution in [0.2, 0.25) is 0 Å². The molecule has 0 bridgehead atoms. The van der Waals surface area contributed by atoms with E-state index in [1.165, 1.54) is 12.8 Å². The Labute approximate surface area is 124 Å². The van der Waals surface area contributed by atoms with Gasteiger partial charge in [0, 0.05) is 25.6 Å². The molecule has 0 radical (unpaired) electrons. The van der Waals surface area contributed by atoms with Crippen molar-refractivity contribution in [3.8, 4) is 0 Å². The number of likely N-dealkylation sites (N-methyl/N-ethyl adjacent to an activating group) is 1. The van der Waals surface area contributed by atoms with E-state index in [2.05, 4.69) is 4.98 Å². The number of amides is 1. The number of aromatic amines is 1. The number of para-hydroxylation sites is 1. The molecule has 0 spiro atoms. The first-order valence-electron chi connectivity index (χ1n) is 7.35. The number of hydrogen-bond acceptors (Lipinski definition) is 3. The maximum absolute atomic E-state index is 12.4. The van der Waals surface area contributed by atoms with Crippen molar-refractivity contribution in [2.45, 2.75) is 12.8 Å². The van der Waals surface area contributed by atoms with Gasteiger partial charge in [0.2, 0.25) is 0 Å². The Balaban J connectivity index is 1.60. The lowest BCUT2D eigenvalue weighted by Gasteiger charge is -2.16. The minimum absolute atomic E-state index is 0.0411. The third kappa shape index (κ3) is 3.19. The third-order valence-electron chi connectivity index (χ3n) is 3.89. The fraction of sp³-hybridized carbons (Fsp3) is 0.438. The number of H-pyrrole nitrogens is 1. The number of nitrogens with two attached hydrogens (primary N) is 1. The van der Waals surface area contributed by atoms with Crippen molar-refractivity contribution >= 4 is 22.5 Å². The Morgan fingerprint density at radius 3 is 3.00 bits per heavy atom. The first-order chi connectivity index (χ1) is 10.1. The maximum atomic E-state index is 12.4. The van der Waals surface area contributed by atoms with Gasteiger partial charge in [-0.1, -0.05) is 12.1 Å². The molecule has 2 aromatic rings. The third-order valence-corrected chi connectivity index (χ3v) is 3.89. The van der Waals surface area contributed by atoms with E-state index in [4.69, 9.17) is 10.5 Å². The van der Waals surface area contributed by atoms with Crippen molar-refractivity contribution in [3.05, 3.63) is 30.0 Å². The molecule has 5 heteroatoms. The molecule has 1 amide bonds. The maximum Gasteiger partial charge on any atom is 0.270 e. The summed E-state index contributed by atoms with van der Waals surface area (Å²) in [6, 6.07) is 7.49. The molecular weight excluding hydrogens is 266 g/mol. The SMILES string of the molecule is CN(CCOCC1CC1)C(=O)c1cc2cccc(N)c2[nH]1. The second-order valence-electron chi connectivity index (χ2n) is 5.74. The lowest BCUT2D eigenvalue weighted by atomic mass is 10.2. The number of benzene rings is 1. The molecular formula is C16H21N3O2. The predicted molar refractivity (Wildman–Crippen MR) is 83.2 cm³/mol. The highest BCUT2D eigenvalue weighted by Crippen LogP contribution is 2.28. The average Bonchev–Trinajstić information content (AvgIpc) is 3.19. The summed E-state index contributed by atoms with van der Waals surface area (Å²) in [6.07, 6.45) is 2.57. The zero-order valence-corrected chi connectivity index (χ0v) is 12.3. The van der Waals surface area contributed by atoms with Gasteiger partial charge in [0.05, 0.1) is 17.8 Å². The molecule has 1 aromatic carbocycles. The standard InChI is InChI=1S/C16H21N3O2/c1-19(7-8-21-10-11-5-6-11)16(20)14-9-12-3-2-4-13(17)15(12)18-14/h2-4,9,11,18H,5-8,10,17H2,1H3.